The van der Waals surface area contributed by atoms with Gasteiger partial charge in [0.1, 0.15) is 0 Å². The Morgan fingerprint density at radius 1 is 1.11 bits per heavy atom. The largest absolute Gasteiger partial charge is 0.375 e. The van der Waals surface area contributed by atoms with Crippen LogP contribution in [0.5, 0.6) is 0 Å². The Bertz CT molecular complexity index is 285. The minimum Gasteiger partial charge on any atom is -0.375 e. The van der Waals surface area contributed by atoms with E-state index in [0.29, 0.717) is 6.04 Å². The maximum atomic E-state index is 3.52. The number of hydrogen-bond donors (Lipinski definition) is 1. The van der Waals surface area contributed by atoms with Gasteiger partial charge in [0.05, 0.1) is 0 Å². The molecule has 0 aliphatic carbocycles. The summed E-state index contributed by atoms with van der Waals surface area (Å²) < 4.78 is 0. The number of unbranched alkanes of at least 4 members (excludes halogenated alkanes) is 1. The highest BCUT2D eigenvalue weighted by Crippen LogP contribution is 2.18. The lowest BCUT2D eigenvalue weighted by Crippen LogP contribution is -2.20. The van der Waals surface area contributed by atoms with Gasteiger partial charge in [0.2, 0.25) is 0 Å². The van der Waals surface area contributed by atoms with Crippen molar-refractivity contribution in [3.8, 4) is 0 Å². The molecule has 0 amide bonds. The number of hydrogen-bond acceptors (Lipinski definition) is 2. The number of anilines is 1. The van der Waals surface area contributed by atoms with Crippen LogP contribution in [-0.2, 0) is 0 Å². The molecule has 0 saturated heterocycles. The fourth-order valence-corrected chi connectivity index (χ4v) is 2.02. The number of rotatable bonds is 8. The van der Waals surface area contributed by atoms with Crippen molar-refractivity contribution in [1.82, 2.24) is 5.32 Å². The van der Waals surface area contributed by atoms with E-state index in [0.717, 1.165) is 13.1 Å². The van der Waals surface area contributed by atoms with Crippen LogP contribution in [0, 0.1) is 0 Å². The zero-order valence-corrected chi connectivity index (χ0v) is 12.4. The van der Waals surface area contributed by atoms with Crippen molar-refractivity contribution >= 4 is 5.69 Å². The van der Waals surface area contributed by atoms with Gasteiger partial charge in [0.25, 0.3) is 0 Å². The quantitative estimate of drug-likeness (QED) is 0.748. The minimum atomic E-state index is 0.444. The van der Waals surface area contributed by atoms with Gasteiger partial charge >= 0.3 is 0 Å². The van der Waals surface area contributed by atoms with Gasteiger partial charge in [-0.1, -0.05) is 32.4 Å². The highest BCUT2D eigenvalue weighted by molar-refractivity contribution is 5.47. The zero-order valence-electron chi connectivity index (χ0n) is 12.4. The van der Waals surface area contributed by atoms with Crippen LogP contribution in [-0.4, -0.2) is 20.1 Å². The third kappa shape index (κ3) is 4.69. The molecular formula is C16H28N2. The topological polar surface area (TPSA) is 15.3 Å². The van der Waals surface area contributed by atoms with Gasteiger partial charge in [0, 0.05) is 25.3 Å². The molecule has 0 fully saturated rings. The highest BCUT2D eigenvalue weighted by Gasteiger charge is 2.05. The Balaban J connectivity index is 2.56. The van der Waals surface area contributed by atoms with Gasteiger partial charge in [-0.25, -0.2) is 0 Å². The minimum absolute atomic E-state index is 0.444. The predicted octanol–water partition coefficient (Wildman–Crippen LogP) is 3.98. The Kier molecular flexibility index (Phi) is 6.81. The lowest BCUT2D eigenvalue weighted by atomic mass is 10.1. The molecule has 0 aromatic heterocycles. The van der Waals surface area contributed by atoms with Crippen LogP contribution < -0.4 is 10.2 Å². The lowest BCUT2D eigenvalue weighted by molar-refractivity contribution is 0.570. The second-order valence-corrected chi connectivity index (χ2v) is 5.04. The molecule has 1 N–H and O–H groups in total. The normalized spacial score (nSPS) is 12.4. The maximum absolute atomic E-state index is 3.52. The van der Waals surface area contributed by atoms with E-state index in [1.54, 1.807) is 0 Å². The number of nitrogens with one attached hydrogen (secondary N) is 1. The van der Waals surface area contributed by atoms with Gasteiger partial charge in [-0.15, -0.1) is 0 Å². The molecule has 1 aromatic carbocycles. The molecule has 2 nitrogen and oxygen atoms in total. The van der Waals surface area contributed by atoms with E-state index in [1.807, 2.05) is 0 Å². The molecule has 102 valence electrons. The molecule has 0 radical (unpaired) electrons. The fourth-order valence-electron chi connectivity index (χ4n) is 2.02. The fraction of sp³-hybridized carbons (Fsp3) is 0.625. The van der Waals surface area contributed by atoms with Crippen LogP contribution >= 0.6 is 0 Å². The molecule has 0 spiro atoms. The Morgan fingerprint density at radius 2 is 1.78 bits per heavy atom. The average Bonchev–Trinajstić information content (AvgIpc) is 2.42. The van der Waals surface area contributed by atoms with Gasteiger partial charge in [-0.05, 0) is 44.0 Å². The lowest BCUT2D eigenvalue weighted by Gasteiger charge is -2.20. The monoisotopic (exact) mass is 248 g/mol. The first-order valence-electron chi connectivity index (χ1n) is 7.23. The molecule has 0 bridgehead atoms. The van der Waals surface area contributed by atoms with E-state index in [2.05, 4.69) is 62.3 Å². The Labute approximate surface area is 112 Å². The van der Waals surface area contributed by atoms with Crippen molar-refractivity contribution < 1.29 is 0 Å². The molecule has 0 saturated carbocycles. The molecule has 0 aliphatic rings. The Hall–Kier alpha value is -1.02. The highest BCUT2D eigenvalue weighted by atomic mass is 15.1. The van der Waals surface area contributed by atoms with E-state index in [9.17, 15) is 0 Å². The summed E-state index contributed by atoms with van der Waals surface area (Å²) in [7, 11) is 2.17. The second-order valence-electron chi connectivity index (χ2n) is 5.04. The molecule has 1 atom stereocenters. The number of benzene rings is 1. The van der Waals surface area contributed by atoms with E-state index in [1.165, 1.54) is 30.5 Å². The number of nitrogens with zero attached hydrogens (tertiary/aromatic N) is 1. The molecule has 1 unspecified atom stereocenters. The van der Waals surface area contributed by atoms with Crippen molar-refractivity contribution in [2.75, 3.05) is 25.0 Å². The van der Waals surface area contributed by atoms with Crippen LogP contribution in [0.2, 0.25) is 0 Å². The summed E-state index contributed by atoms with van der Waals surface area (Å²) in [5.74, 6) is 0. The summed E-state index contributed by atoms with van der Waals surface area (Å²) in [6.45, 7) is 8.88. The van der Waals surface area contributed by atoms with Crippen LogP contribution in [0.4, 0.5) is 5.69 Å². The van der Waals surface area contributed by atoms with Crippen LogP contribution in [0.1, 0.15) is 51.6 Å². The predicted molar refractivity (Wildman–Crippen MR) is 81.3 cm³/mol. The second kappa shape index (κ2) is 8.15. The van der Waals surface area contributed by atoms with Crippen molar-refractivity contribution in [1.29, 1.82) is 0 Å². The van der Waals surface area contributed by atoms with E-state index in [4.69, 9.17) is 0 Å². The molecule has 2 heteroatoms. The third-order valence-electron chi connectivity index (χ3n) is 3.38. The first kappa shape index (κ1) is 15.0. The third-order valence-corrected chi connectivity index (χ3v) is 3.38. The average molecular weight is 248 g/mol. The van der Waals surface area contributed by atoms with E-state index in [-0.39, 0.29) is 0 Å². The summed E-state index contributed by atoms with van der Waals surface area (Å²) in [4.78, 5) is 2.33. The summed E-state index contributed by atoms with van der Waals surface area (Å²) in [5, 5.41) is 3.52. The first-order valence-corrected chi connectivity index (χ1v) is 7.23. The van der Waals surface area contributed by atoms with Gasteiger partial charge in [0.15, 0.2) is 0 Å². The Morgan fingerprint density at radius 3 is 2.33 bits per heavy atom. The van der Waals surface area contributed by atoms with Gasteiger partial charge in [-0.3, -0.25) is 0 Å². The standard InChI is InChI=1S/C16H28N2/c1-5-7-13-18(4)16-10-8-15(9-11-16)14(3)17-12-6-2/h8-11,14,17H,5-7,12-13H2,1-4H3. The zero-order chi connectivity index (χ0) is 13.4. The smallest absolute Gasteiger partial charge is 0.0363 e. The van der Waals surface area contributed by atoms with Crippen LogP contribution in [0.25, 0.3) is 0 Å². The molecule has 1 aromatic rings. The molecule has 0 heterocycles. The summed E-state index contributed by atoms with van der Waals surface area (Å²) in [6, 6.07) is 9.39. The van der Waals surface area contributed by atoms with Crippen LogP contribution in [0.3, 0.4) is 0 Å². The summed E-state index contributed by atoms with van der Waals surface area (Å²) in [6.07, 6.45) is 3.69. The molecule has 1 rings (SSSR count). The molecule has 0 aliphatic heterocycles. The maximum Gasteiger partial charge on any atom is 0.0363 e. The van der Waals surface area contributed by atoms with Crippen LogP contribution in [0.15, 0.2) is 24.3 Å². The molecule has 18 heavy (non-hydrogen) atoms. The van der Waals surface area contributed by atoms with Crippen molar-refractivity contribution in [2.24, 2.45) is 0 Å². The van der Waals surface area contributed by atoms with Gasteiger partial charge < -0.3 is 10.2 Å². The summed E-state index contributed by atoms with van der Waals surface area (Å²) in [5.41, 5.74) is 2.69. The van der Waals surface area contributed by atoms with E-state index >= 15 is 0 Å². The molecular weight excluding hydrogens is 220 g/mol. The van der Waals surface area contributed by atoms with Gasteiger partial charge in [-0.2, -0.15) is 0 Å². The SMILES string of the molecule is CCCCN(C)c1ccc(C(C)NCCC)cc1. The van der Waals surface area contributed by atoms with Crippen molar-refractivity contribution in [2.45, 2.75) is 46.1 Å². The van der Waals surface area contributed by atoms with Crippen molar-refractivity contribution in [3.63, 3.8) is 0 Å². The summed E-state index contributed by atoms with van der Waals surface area (Å²) >= 11 is 0. The van der Waals surface area contributed by atoms with Crippen molar-refractivity contribution in [3.05, 3.63) is 29.8 Å². The van der Waals surface area contributed by atoms with E-state index < -0.39 is 0 Å². The first-order chi connectivity index (χ1) is 8.69.